The number of thioether (sulfide) groups is 1. The minimum Gasteiger partial charge on any atom is -0.542 e. The van der Waals surface area contributed by atoms with Crippen molar-refractivity contribution in [3.63, 3.8) is 0 Å². The predicted molar refractivity (Wildman–Crippen MR) is 67.4 cm³/mol. The van der Waals surface area contributed by atoms with E-state index in [2.05, 4.69) is 24.8 Å². The number of hydrogen-bond acceptors (Lipinski definition) is 3. The molecule has 0 N–H and O–H groups in total. The lowest BCUT2D eigenvalue weighted by atomic mass is 10.3. The van der Waals surface area contributed by atoms with Crippen LogP contribution in [0.3, 0.4) is 0 Å². The van der Waals surface area contributed by atoms with E-state index in [1.807, 2.05) is 0 Å². The summed E-state index contributed by atoms with van der Waals surface area (Å²) < 4.78 is 32.6. The Balaban J connectivity index is 0.000000203. The molecule has 1 saturated heterocycles. The molecule has 2 rings (SSSR count). The highest BCUT2D eigenvalue weighted by atomic mass is 32.2. The lowest BCUT2D eigenvalue weighted by molar-refractivity contribution is -0.344. The largest absolute Gasteiger partial charge is 0.542 e. The van der Waals surface area contributed by atoms with Gasteiger partial charge in [0, 0.05) is 29.5 Å². The van der Waals surface area contributed by atoms with Gasteiger partial charge in [-0.1, -0.05) is 6.08 Å². The summed E-state index contributed by atoms with van der Waals surface area (Å²) in [6.07, 6.45) is 0.0870. The molecule has 2 aliphatic heterocycles. The van der Waals surface area contributed by atoms with Crippen molar-refractivity contribution < 1.29 is 23.1 Å². The fourth-order valence-corrected chi connectivity index (χ4v) is 6.42. The van der Waals surface area contributed by atoms with Gasteiger partial charge in [0.25, 0.3) is 0 Å². The molecule has 2 unspecified atom stereocenters. The van der Waals surface area contributed by atoms with Crippen molar-refractivity contribution in [2.45, 2.75) is 30.5 Å². The predicted octanol–water partition coefficient (Wildman–Crippen LogP) is 1.72. The maximum Gasteiger partial charge on any atom is 0.430 e. The molecule has 0 bridgehead atoms. The van der Waals surface area contributed by atoms with Gasteiger partial charge in [-0.2, -0.15) is 13.2 Å². The Morgan fingerprint density at radius 3 is 2.72 bits per heavy atom. The molecule has 2 atom stereocenters. The zero-order chi connectivity index (χ0) is 13.8. The lowest BCUT2D eigenvalue weighted by Crippen LogP contribution is -2.37. The molecular formula is C11H15F3O2S2. The van der Waals surface area contributed by atoms with Crippen molar-refractivity contribution in [3.8, 4) is 0 Å². The van der Waals surface area contributed by atoms with E-state index in [0.717, 1.165) is 15.5 Å². The van der Waals surface area contributed by atoms with E-state index >= 15 is 0 Å². The third-order valence-corrected chi connectivity index (χ3v) is 7.42. The van der Waals surface area contributed by atoms with Gasteiger partial charge in [-0.25, -0.2) is 0 Å². The Morgan fingerprint density at radius 1 is 1.56 bits per heavy atom. The van der Waals surface area contributed by atoms with E-state index < -0.39 is 12.1 Å². The number of alkyl halides is 3. The van der Waals surface area contributed by atoms with Crippen LogP contribution in [-0.2, 0) is 15.7 Å². The van der Waals surface area contributed by atoms with Crippen molar-refractivity contribution in [1.82, 2.24) is 0 Å². The molecule has 7 heteroatoms. The summed E-state index contributed by atoms with van der Waals surface area (Å²) in [7, 11) is 0.762. The number of rotatable bonds is 0. The first kappa shape index (κ1) is 15.8. The Labute approximate surface area is 111 Å². The van der Waals surface area contributed by atoms with E-state index in [4.69, 9.17) is 9.90 Å². The summed E-state index contributed by atoms with van der Waals surface area (Å²) in [5.74, 6) is 1.34. The fraction of sp³-hybridized carbons (Fsp3) is 0.727. The molecule has 2 nitrogen and oxygen atoms in total. The van der Waals surface area contributed by atoms with Gasteiger partial charge in [0.1, 0.15) is 17.5 Å². The van der Waals surface area contributed by atoms with Crippen LogP contribution in [0.5, 0.6) is 0 Å². The number of carbonyl (C=O) groups excluding carboxylic acids is 1. The van der Waals surface area contributed by atoms with E-state index in [9.17, 15) is 13.2 Å². The first-order valence-electron chi connectivity index (χ1n) is 5.52. The Bertz CT molecular complexity index is 329. The number of hydrogen-bond donors (Lipinski definition) is 0. The molecule has 0 aromatic rings. The smallest absolute Gasteiger partial charge is 0.430 e. The number of halogens is 3. The summed E-state index contributed by atoms with van der Waals surface area (Å²) in [4.78, 5) is 8.78. The van der Waals surface area contributed by atoms with Crippen molar-refractivity contribution in [2.24, 2.45) is 0 Å². The molecule has 104 valence electrons. The lowest BCUT2D eigenvalue weighted by Gasteiger charge is -2.25. The number of carboxylic acids is 1. The second-order valence-corrected chi connectivity index (χ2v) is 8.06. The van der Waals surface area contributed by atoms with Crippen LogP contribution in [-0.4, -0.2) is 34.0 Å². The van der Waals surface area contributed by atoms with Gasteiger partial charge in [-0.15, -0.1) is 11.8 Å². The van der Waals surface area contributed by atoms with Crippen LogP contribution < -0.4 is 5.11 Å². The van der Waals surface area contributed by atoms with E-state index in [1.54, 1.807) is 5.57 Å². The van der Waals surface area contributed by atoms with Gasteiger partial charge < -0.3 is 9.90 Å². The molecule has 2 aliphatic rings. The molecule has 0 amide bonds. The number of fused-ring (bicyclic) bond motifs is 1. The van der Waals surface area contributed by atoms with E-state index in [-0.39, 0.29) is 0 Å². The zero-order valence-electron chi connectivity index (χ0n) is 9.96. The summed E-state index contributed by atoms with van der Waals surface area (Å²) >= 11 is 2.22. The van der Waals surface area contributed by atoms with Crippen LogP contribution in [0.25, 0.3) is 0 Å². The van der Waals surface area contributed by atoms with Crippen LogP contribution >= 0.6 is 11.8 Å². The number of allylic oxidation sites excluding steroid dienone is 1. The highest BCUT2D eigenvalue weighted by Gasteiger charge is 2.35. The highest BCUT2D eigenvalue weighted by Crippen LogP contribution is 2.34. The quantitative estimate of drug-likeness (QED) is 0.505. The molecule has 0 aromatic carbocycles. The average Bonchev–Trinajstić information content (AvgIpc) is 2.28. The van der Waals surface area contributed by atoms with E-state index in [1.165, 1.54) is 30.1 Å². The SMILES string of the molecule is CC1=CCC2SCCC[S+]2C1.O=C([O-])C(F)(F)F. The number of carboxylic acid groups (broad SMARTS) is 1. The Kier molecular flexibility index (Phi) is 5.91. The topological polar surface area (TPSA) is 40.1 Å². The summed E-state index contributed by atoms with van der Waals surface area (Å²) in [5.41, 5.74) is 1.65. The van der Waals surface area contributed by atoms with E-state index in [0.29, 0.717) is 0 Å². The second-order valence-electron chi connectivity index (χ2n) is 4.11. The average molecular weight is 300 g/mol. The number of carbonyl (C=O) groups is 1. The molecule has 18 heavy (non-hydrogen) atoms. The van der Waals surface area contributed by atoms with Gasteiger partial charge >= 0.3 is 6.18 Å². The third kappa shape index (κ3) is 5.14. The normalized spacial score (nSPS) is 27.4. The van der Waals surface area contributed by atoms with Crippen LogP contribution in [0.1, 0.15) is 19.8 Å². The summed E-state index contributed by atoms with van der Waals surface area (Å²) in [6, 6.07) is 0. The molecule has 0 spiro atoms. The third-order valence-electron chi connectivity index (χ3n) is 2.53. The summed E-state index contributed by atoms with van der Waals surface area (Å²) in [5, 5.41) is 8.78. The fourth-order valence-electron chi connectivity index (χ4n) is 1.70. The molecule has 2 heterocycles. The monoisotopic (exact) mass is 300 g/mol. The van der Waals surface area contributed by atoms with Crippen molar-refractivity contribution in [3.05, 3.63) is 11.6 Å². The minimum atomic E-state index is -5.19. The zero-order valence-corrected chi connectivity index (χ0v) is 11.6. The van der Waals surface area contributed by atoms with Crippen LogP contribution in [0, 0.1) is 0 Å². The molecule has 0 saturated carbocycles. The molecule has 1 fully saturated rings. The maximum atomic E-state index is 10.5. The molecule has 0 radical (unpaired) electrons. The molecule has 0 aromatic heterocycles. The van der Waals surface area contributed by atoms with Gasteiger partial charge in [-0.3, -0.25) is 0 Å². The standard InChI is InChI=1S/C9H15S2.C2HF3O2/c1-8-3-4-9-10-5-2-6-11(9)7-8;3-2(4,5)1(6)7/h3,9H,2,4-7H2,1H3;(H,6,7)/q+1;/p-1. The highest BCUT2D eigenvalue weighted by molar-refractivity contribution is 8.16. The first-order chi connectivity index (χ1) is 8.30. The van der Waals surface area contributed by atoms with Gasteiger partial charge in [-0.05, 0) is 12.5 Å². The van der Waals surface area contributed by atoms with Gasteiger partial charge in [0.05, 0.1) is 0 Å². The first-order valence-corrected chi connectivity index (χ1v) is 8.20. The van der Waals surface area contributed by atoms with Crippen molar-refractivity contribution in [2.75, 3.05) is 17.3 Å². The second kappa shape index (κ2) is 6.75. The van der Waals surface area contributed by atoms with Crippen LogP contribution in [0.4, 0.5) is 13.2 Å². The van der Waals surface area contributed by atoms with Gasteiger partial charge in [0.2, 0.25) is 0 Å². The van der Waals surface area contributed by atoms with Gasteiger partial charge in [0.15, 0.2) is 4.58 Å². The number of aliphatic carboxylic acids is 1. The van der Waals surface area contributed by atoms with Crippen LogP contribution in [0.2, 0.25) is 0 Å². The van der Waals surface area contributed by atoms with Crippen molar-refractivity contribution >= 4 is 28.6 Å². The minimum absolute atomic E-state index is 0.762. The van der Waals surface area contributed by atoms with Crippen molar-refractivity contribution in [1.29, 1.82) is 0 Å². The molecule has 0 aliphatic carbocycles. The molecular weight excluding hydrogens is 285 g/mol. The maximum absolute atomic E-state index is 10.5. The Morgan fingerprint density at radius 2 is 2.17 bits per heavy atom. The summed E-state index contributed by atoms with van der Waals surface area (Å²) in [6.45, 7) is 2.29. The Hall–Kier alpha value is -0.300. The van der Waals surface area contributed by atoms with Crippen LogP contribution in [0.15, 0.2) is 11.6 Å².